The van der Waals surface area contributed by atoms with Crippen molar-refractivity contribution in [3.63, 3.8) is 0 Å². The number of rotatable bonds is 5. The largest absolute Gasteiger partial charge is 0.459 e. The summed E-state index contributed by atoms with van der Waals surface area (Å²) in [7, 11) is 0. The van der Waals surface area contributed by atoms with Crippen molar-refractivity contribution in [3.05, 3.63) is 48.6 Å². The molecule has 0 saturated heterocycles. The molecule has 92 valence electrons. The molecule has 0 spiro atoms. The Labute approximate surface area is 106 Å². The second kappa shape index (κ2) is 5.84. The van der Waals surface area contributed by atoms with E-state index in [2.05, 4.69) is 6.58 Å². The minimum Gasteiger partial charge on any atom is -0.459 e. The Balaban J connectivity index is 2.82. The summed E-state index contributed by atoms with van der Waals surface area (Å²) in [6.07, 6.45) is 1.43. The summed E-state index contributed by atoms with van der Waals surface area (Å²) in [5.41, 5.74) is -1.11. The maximum Gasteiger partial charge on any atom is 0.340 e. The highest BCUT2D eigenvalue weighted by atomic mass is 35.5. The van der Waals surface area contributed by atoms with Gasteiger partial charge in [-0.05, 0) is 12.5 Å². The van der Waals surface area contributed by atoms with Gasteiger partial charge in [0.15, 0.2) is 5.60 Å². The monoisotopic (exact) mass is 254 g/mol. The van der Waals surface area contributed by atoms with E-state index in [4.69, 9.17) is 16.3 Å². The fourth-order valence-electron chi connectivity index (χ4n) is 1.33. The third-order valence-corrected chi connectivity index (χ3v) is 3.01. The quantitative estimate of drug-likeness (QED) is 0.499. The van der Waals surface area contributed by atoms with Gasteiger partial charge in [0.05, 0.1) is 5.38 Å². The number of carbonyl (C=O) groups excluding carboxylic acids is 1. The predicted molar refractivity (Wildman–Crippen MR) is 66.8 cm³/mol. The summed E-state index contributed by atoms with van der Waals surface area (Å²) >= 11 is 6.10. The van der Waals surface area contributed by atoms with Gasteiger partial charge in [-0.15, -0.1) is 11.6 Å². The summed E-state index contributed by atoms with van der Waals surface area (Å²) in [6.45, 7) is 4.81. The van der Waals surface area contributed by atoms with Crippen LogP contribution in [0, 0.1) is 0 Å². The predicted octanol–water partition coefficient (Wildman–Crippen LogP) is 2.45. The van der Waals surface area contributed by atoms with Crippen molar-refractivity contribution in [2.75, 3.05) is 6.61 Å². The van der Waals surface area contributed by atoms with Crippen LogP contribution in [0.5, 0.6) is 0 Å². The molecule has 2 atom stereocenters. The van der Waals surface area contributed by atoms with Crippen LogP contribution in [0.25, 0.3) is 0 Å². The molecule has 0 heterocycles. The molecule has 0 bridgehead atoms. The van der Waals surface area contributed by atoms with Crippen LogP contribution in [0.15, 0.2) is 43.0 Å². The van der Waals surface area contributed by atoms with Gasteiger partial charge in [-0.25, -0.2) is 4.79 Å². The molecule has 0 unspecified atom stereocenters. The third kappa shape index (κ3) is 3.32. The zero-order valence-electron chi connectivity index (χ0n) is 9.60. The van der Waals surface area contributed by atoms with Crippen LogP contribution in [0.3, 0.4) is 0 Å². The Morgan fingerprint density at radius 3 is 2.71 bits per heavy atom. The number of esters is 1. The summed E-state index contributed by atoms with van der Waals surface area (Å²) in [6, 6.07) is 8.89. The topological polar surface area (TPSA) is 46.5 Å². The maximum absolute atomic E-state index is 11.6. The van der Waals surface area contributed by atoms with E-state index in [0.717, 1.165) is 0 Å². The molecule has 1 N–H and O–H groups in total. The molecule has 17 heavy (non-hydrogen) atoms. The molecule has 0 radical (unpaired) electrons. The molecule has 0 saturated carbocycles. The van der Waals surface area contributed by atoms with Gasteiger partial charge in [-0.1, -0.05) is 43.0 Å². The molecular formula is C13H15ClO3. The van der Waals surface area contributed by atoms with E-state index in [-0.39, 0.29) is 6.61 Å². The summed E-state index contributed by atoms with van der Waals surface area (Å²) in [5.74, 6) is -0.763. The van der Waals surface area contributed by atoms with E-state index in [1.165, 1.54) is 13.0 Å². The second-order valence-corrected chi connectivity index (χ2v) is 4.24. The number of carbonyl (C=O) groups is 1. The van der Waals surface area contributed by atoms with E-state index in [0.29, 0.717) is 5.56 Å². The van der Waals surface area contributed by atoms with Gasteiger partial charge >= 0.3 is 5.97 Å². The SMILES string of the molecule is C=CCOC(=O)[C@@](C)(O)[C@H](Cl)c1ccccc1. The maximum atomic E-state index is 11.6. The van der Waals surface area contributed by atoms with E-state index >= 15 is 0 Å². The fourth-order valence-corrected chi connectivity index (χ4v) is 1.57. The molecule has 1 rings (SSSR count). The Bertz CT molecular complexity index is 387. The number of benzene rings is 1. The Hall–Kier alpha value is -1.32. The first kappa shape index (κ1) is 13.7. The zero-order valence-corrected chi connectivity index (χ0v) is 10.4. The summed E-state index contributed by atoms with van der Waals surface area (Å²) < 4.78 is 4.81. The average Bonchev–Trinajstić information content (AvgIpc) is 2.35. The smallest absolute Gasteiger partial charge is 0.340 e. The molecule has 1 aromatic carbocycles. The van der Waals surface area contributed by atoms with Crippen LogP contribution >= 0.6 is 11.6 Å². The van der Waals surface area contributed by atoms with Crippen LogP contribution < -0.4 is 0 Å². The number of alkyl halides is 1. The molecule has 0 amide bonds. The van der Waals surface area contributed by atoms with Gasteiger partial charge in [0.1, 0.15) is 6.61 Å². The van der Waals surface area contributed by atoms with Crippen LogP contribution in [-0.4, -0.2) is 23.3 Å². The van der Waals surface area contributed by atoms with E-state index in [1.807, 2.05) is 6.07 Å². The first-order chi connectivity index (χ1) is 8.00. The van der Waals surface area contributed by atoms with Gasteiger partial charge in [0.25, 0.3) is 0 Å². The number of hydrogen-bond donors (Lipinski definition) is 1. The van der Waals surface area contributed by atoms with Gasteiger partial charge in [0, 0.05) is 0 Å². The van der Waals surface area contributed by atoms with Gasteiger partial charge in [0.2, 0.25) is 0 Å². The number of hydrogen-bond acceptors (Lipinski definition) is 3. The molecular weight excluding hydrogens is 240 g/mol. The van der Waals surface area contributed by atoms with Crippen molar-refractivity contribution < 1.29 is 14.6 Å². The molecule has 4 heteroatoms. The lowest BCUT2D eigenvalue weighted by molar-refractivity contribution is -0.162. The molecule has 0 aliphatic rings. The number of halogens is 1. The summed E-state index contributed by atoms with van der Waals surface area (Å²) in [5, 5.41) is 9.23. The van der Waals surface area contributed by atoms with Crippen molar-refractivity contribution in [3.8, 4) is 0 Å². The first-order valence-electron chi connectivity index (χ1n) is 5.19. The molecule has 0 aliphatic carbocycles. The van der Waals surface area contributed by atoms with Gasteiger partial charge < -0.3 is 9.84 Å². The molecule has 3 nitrogen and oxygen atoms in total. The minimum absolute atomic E-state index is 0.0490. The first-order valence-corrected chi connectivity index (χ1v) is 5.63. The molecule has 1 aromatic rings. The van der Waals surface area contributed by atoms with E-state index in [9.17, 15) is 9.90 Å². The van der Waals surface area contributed by atoms with Crippen molar-refractivity contribution in [2.45, 2.75) is 17.9 Å². The zero-order chi connectivity index (χ0) is 12.9. The Kier molecular flexibility index (Phi) is 4.73. The normalized spacial score (nSPS) is 15.7. The van der Waals surface area contributed by atoms with E-state index in [1.54, 1.807) is 24.3 Å². The molecule has 0 aliphatic heterocycles. The van der Waals surface area contributed by atoms with Crippen molar-refractivity contribution in [2.24, 2.45) is 0 Å². The highest BCUT2D eigenvalue weighted by Gasteiger charge is 2.40. The Morgan fingerprint density at radius 1 is 1.59 bits per heavy atom. The van der Waals surface area contributed by atoms with Crippen molar-refractivity contribution in [1.82, 2.24) is 0 Å². The molecule has 0 aromatic heterocycles. The average molecular weight is 255 g/mol. The highest BCUT2D eigenvalue weighted by molar-refractivity contribution is 6.23. The minimum atomic E-state index is -1.77. The lowest BCUT2D eigenvalue weighted by Gasteiger charge is -2.26. The van der Waals surface area contributed by atoms with Gasteiger partial charge in [-0.2, -0.15) is 0 Å². The van der Waals surface area contributed by atoms with Crippen LogP contribution in [-0.2, 0) is 9.53 Å². The number of aliphatic hydroxyl groups is 1. The fraction of sp³-hybridized carbons (Fsp3) is 0.308. The highest BCUT2D eigenvalue weighted by Crippen LogP contribution is 2.33. The summed E-state index contributed by atoms with van der Waals surface area (Å²) in [4.78, 5) is 11.6. The van der Waals surface area contributed by atoms with E-state index < -0.39 is 16.9 Å². The van der Waals surface area contributed by atoms with Gasteiger partial charge in [-0.3, -0.25) is 0 Å². The molecule has 0 fully saturated rings. The van der Waals surface area contributed by atoms with Crippen LogP contribution in [0.4, 0.5) is 0 Å². The second-order valence-electron chi connectivity index (χ2n) is 3.81. The lowest BCUT2D eigenvalue weighted by atomic mass is 9.96. The number of ether oxygens (including phenoxy) is 1. The van der Waals surface area contributed by atoms with Crippen molar-refractivity contribution in [1.29, 1.82) is 0 Å². The van der Waals surface area contributed by atoms with Crippen LogP contribution in [0.2, 0.25) is 0 Å². The van der Waals surface area contributed by atoms with Crippen molar-refractivity contribution >= 4 is 17.6 Å². The van der Waals surface area contributed by atoms with Crippen LogP contribution in [0.1, 0.15) is 17.9 Å². The lowest BCUT2D eigenvalue weighted by Crippen LogP contribution is -2.40. The standard InChI is InChI=1S/C13H15ClO3/c1-3-9-17-12(15)13(2,16)11(14)10-7-5-4-6-8-10/h3-8,11,16H,1,9H2,2H3/t11-,13+/m1/s1. The Morgan fingerprint density at radius 2 is 2.18 bits per heavy atom. The third-order valence-electron chi connectivity index (χ3n) is 2.33.